The number of rotatable bonds is 5. The van der Waals surface area contributed by atoms with Crippen LogP contribution in [0.2, 0.25) is 0 Å². The van der Waals surface area contributed by atoms with E-state index in [1.807, 2.05) is 0 Å². The van der Waals surface area contributed by atoms with Gasteiger partial charge in [0.25, 0.3) is 0 Å². The minimum Gasteiger partial charge on any atom is -0.396 e. The van der Waals surface area contributed by atoms with E-state index in [0.29, 0.717) is 32.6 Å². The maximum Gasteiger partial charge on any atom is 0.391 e. The average Bonchev–Trinajstić information content (AvgIpc) is 2.85. The van der Waals surface area contributed by atoms with E-state index in [-0.39, 0.29) is 30.9 Å². The molecule has 118 valence electrons. The maximum absolute atomic E-state index is 12.8. The second kappa shape index (κ2) is 6.62. The van der Waals surface area contributed by atoms with Gasteiger partial charge in [0.2, 0.25) is 0 Å². The Labute approximate surface area is 117 Å². The van der Waals surface area contributed by atoms with Gasteiger partial charge in [-0.2, -0.15) is 13.2 Å². The van der Waals surface area contributed by atoms with Crippen LogP contribution >= 0.6 is 0 Å². The fourth-order valence-corrected chi connectivity index (χ4v) is 3.34. The summed E-state index contributed by atoms with van der Waals surface area (Å²) in [5.41, 5.74) is -0.0973. The van der Waals surface area contributed by atoms with Crippen LogP contribution in [0.15, 0.2) is 0 Å². The molecule has 20 heavy (non-hydrogen) atoms. The van der Waals surface area contributed by atoms with Gasteiger partial charge in [0, 0.05) is 31.2 Å². The molecule has 0 bridgehead atoms. The highest BCUT2D eigenvalue weighted by Gasteiger charge is 2.42. The summed E-state index contributed by atoms with van der Waals surface area (Å²) in [5.74, 6) is -1.16. The highest BCUT2D eigenvalue weighted by atomic mass is 19.4. The van der Waals surface area contributed by atoms with Crippen LogP contribution in [-0.2, 0) is 4.74 Å². The molecule has 0 radical (unpaired) electrons. The van der Waals surface area contributed by atoms with Crippen LogP contribution in [0, 0.1) is 11.3 Å². The molecule has 1 saturated carbocycles. The van der Waals surface area contributed by atoms with Crippen molar-refractivity contribution >= 4 is 0 Å². The Morgan fingerprint density at radius 1 is 1.30 bits per heavy atom. The normalized spacial score (nSPS) is 35.4. The lowest BCUT2D eigenvalue weighted by atomic mass is 9.81. The molecule has 0 aromatic rings. The molecule has 0 aromatic carbocycles. The highest BCUT2D eigenvalue weighted by molar-refractivity contribution is 4.88. The van der Waals surface area contributed by atoms with Crippen molar-refractivity contribution in [2.24, 2.45) is 11.3 Å². The van der Waals surface area contributed by atoms with Crippen molar-refractivity contribution in [2.45, 2.75) is 50.7 Å². The Morgan fingerprint density at radius 2 is 2.10 bits per heavy atom. The van der Waals surface area contributed by atoms with Crippen LogP contribution < -0.4 is 5.32 Å². The SMILES string of the molecule is OCC[C@]1(CN[C@@H]2CCC[C@@H](C(F)(F)F)C2)CCOC1. The maximum atomic E-state index is 12.8. The molecule has 1 aliphatic carbocycles. The predicted molar refractivity (Wildman–Crippen MR) is 69.4 cm³/mol. The molecule has 2 aliphatic rings. The summed E-state index contributed by atoms with van der Waals surface area (Å²) < 4.78 is 43.7. The third-order valence-corrected chi connectivity index (χ3v) is 4.73. The number of hydrogen-bond donors (Lipinski definition) is 2. The highest BCUT2D eigenvalue weighted by Crippen LogP contribution is 2.38. The van der Waals surface area contributed by atoms with Crippen LogP contribution in [0.5, 0.6) is 0 Å². The minimum absolute atomic E-state index is 0.0634. The molecule has 3 atom stereocenters. The van der Waals surface area contributed by atoms with E-state index in [2.05, 4.69) is 5.32 Å². The molecule has 0 unspecified atom stereocenters. The van der Waals surface area contributed by atoms with Crippen LogP contribution in [0.1, 0.15) is 38.5 Å². The fourth-order valence-electron chi connectivity index (χ4n) is 3.34. The van der Waals surface area contributed by atoms with Crippen LogP contribution in [0.4, 0.5) is 13.2 Å². The van der Waals surface area contributed by atoms with Crippen molar-refractivity contribution < 1.29 is 23.0 Å². The first-order valence-corrected chi connectivity index (χ1v) is 7.44. The lowest BCUT2D eigenvalue weighted by Gasteiger charge is -2.34. The molecule has 2 fully saturated rings. The van der Waals surface area contributed by atoms with Gasteiger partial charge in [-0.05, 0) is 32.1 Å². The molecule has 0 spiro atoms. The number of nitrogens with one attached hydrogen (secondary N) is 1. The van der Waals surface area contributed by atoms with E-state index in [9.17, 15) is 13.2 Å². The molecule has 1 aliphatic heterocycles. The summed E-state index contributed by atoms with van der Waals surface area (Å²) in [4.78, 5) is 0. The molecule has 3 nitrogen and oxygen atoms in total. The monoisotopic (exact) mass is 295 g/mol. The number of hydrogen-bond acceptors (Lipinski definition) is 3. The summed E-state index contributed by atoms with van der Waals surface area (Å²) in [6.45, 7) is 2.01. The zero-order chi connectivity index (χ0) is 14.6. The largest absolute Gasteiger partial charge is 0.396 e. The first-order valence-electron chi connectivity index (χ1n) is 7.44. The summed E-state index contributed by atoms with van der Waals surface area (Å²) in [6.07, 6.45) is -0.675. The summed E-state index contributed by atoms with van der Waals surface area (Å²) >= 11 is 0. The van der Waals surface area contributed by atoms with Gasteiger partial charge in [0.05, 0.1) is 12.5 Å². The molecule has 2 N–H and O–H groups in total. The number of aliphatic hydroxyl groups is 1. The lowest BCUT2D eigenvalue weighted by molar-refractivity contribution is -0.183. The van der Waals surface area contributed by atoms with Crippen molar-refractivity contribution in [1.29, 1.82) is 0 Å². The first-order chi connectivity index (χ1) is 9.45. The second-order valence-corrected chi connectivity index (χ2v) is 6.26. The van der Waals surface area contributed by atoms with E-state index >= 15 is 0 Å². The van der Waals surface area contributed by atoms with Gasteiger partial charge >= 0.3 is 6.18 Å². The van der Waals surface area contributed by atoms with E-state index < -0.39 is 12.1 Å². The fraction of sp³-hybridized carbons (Fsp3) is 1.00. The number of aliphatic hydroxyl groups excluding tert-OH is 1. The molecule has 1 saturated heterocycles. The molecular weight excluding hydrogens is 271 g/mol. The van der Waals surface area contributed by atoms with Crippen LogP contribution in [0.3, 0.4) is 0 Å². The molecule has 2 rings (SSSR count). The van der Waals surface area contributed by atoms with E-state index in [0.717, 1.165) is 12.8 Å². The van der Waals surface area contributed by atoms with Crippen molar-refractivity contribution in [1.82, 2.24) is 5.32 Å². The number of halogens is 3. The van der Waals surface area contributed by atoms with Crippen LogP contribution in [0.25, 0.3) is 0 Å². The number of alkyl halides is 3. The van der Waals surface area contributed by atoms with Crippen molar-refractivity contribution in [2.75, 3.05) is 26.4 Å². The quantitative estimate of drug-likeness (QED) is 0.819. The molecule has 0 amide bonds. The van der Waals surface area contributed by atoms with Gasteiger partial charge in [-0.1, -0.05) is 6.42 Å². The summed E-state index contributed by atoms with van der Waals surface area (Å²) in [7, 11) is 0. The average molecular weight is 295 g/mol. The lowest BCUT2D eigenvalue weighted by Crippen LogP contribution is -2.44. The Hall–Kier alpha value is -0.330. The van der Waals surface area contributed by atoms with Gasteiger partial charge in [0.1, 0.15) is 0 Å². The van der Waals surface area contributed by atoms with Gasteiger partial charge < -0.3 is 15.2 Å². The third-order valence-electron chi connectivity index (χ3n) is 4.73. The third kappa shape index (κ3) is 4.09. The zero-order valence-corrected chi connectivity index (χ0v) is 11.7. The smallest absolute Gasteiger partial charge is 0.391 e. The Morgan fingerprint density at radius 3 is 2.70 bits per heavy atom. The van der Waals surface area contributed by atoms with Crippen LogP contribution in [-0.4, -0.2) is 43.7 Å². The van der Waals surface area contributed by atoms with Crippen molar-refractivity contribution in [3.05, 3.63) is 0 Å². The number of ether oxygens (including phenoxy) is 1. The standard InChI is InChI=1S/C14H24F3NO2/c15-14(16,17)11-2-1-3-12(8-11)18-9-13(4-6-19)5-7-20-10-13/h11-12,18-19H,1-10H2/t11-,12-,13-/m1/s1. The van der Waals surface area contributed by atoms with Crippen molar-refractivity contribution in [3.63, 3.8) is 0 Å². The Balaban J connectivity index is 1.83. The Kier molecular flexibility index (Phi) is 5.31. The summed E-state index contributed by atoms with van der Waals surface area (Å²) in [6, 6.07) is -0.0634. The van der Waals surface area contributed by atoms with Gasteiger partial charge in [-0.3, -0.25) is 0 Å². The van der Waals surface area contributed by atoms with E-state index in [1.54, 1.807) is 0 Å². The van der Waals surface area contributed by atoms with Gasteiger partial charge in [-0.25, -0.2) is 0 Å². The van der Waals surface area contributed by atoms with Gasteiger partial charge in [0.15, 0.2) is 0 Å². The zero-order valence-electron chi connectivity index (χ0n) is 11.7. The molecule has 1 heterocycles. The second-order valence-electron chi connectivity index (χ2n) is 6.26. The summed E-state index contributed by atoms with van der Waals surface area (Å²) in [5, 5.41) is 12.4. The topological polar surface area (TPSA) is 41.5 Å². The van der Waals surface area contributed by atoms with Crippen molar-refractivity contribution in [3.8, 4) is 0 Å². The molecule has 6 heteroatoms. The van der Waals surface area contributed by atoms with E-state index in [1.165, 1.54) is 0 Å². The first kappa shape index (κ1) is 16.0. The Bertz CT molecular complexity index is 303. The van der Waals surface area contributed by atoms with Gasteiger partial charge in [-0.15, -0.1) is 0 Å². The molecular formula is C14H24F3NO2. The predicted octanol–water partition coefficient (Wildman–Crippen LogP) is 2.49. The van der Waals surface area contributed by atoms with E-state index in [4.69, 9.17) is 9.84 Å². The minimum atomic E-state index is -4.07. The molecule has 0 aromatic heterocycles.